The van der Waals surface area contributed by atoms with Crippen molar-refractivity contribution in [1.82, 2.24) is 9.78 Å². The zero-order valence-corrected chi connectivity index (χ0v) is 15.9. The van der Waals surface area contributed by atoms with Crippen LogP contribution in [0.3, 0.4) is 0 Å². The Labute approximate surface area is 169 Å². The summed E-state index contributed by atoms with van der Waals surface area (Å²) in [6.07, 6.45) is -1.32. The highest BCUT2D eigenvalue weighted by Crippen LogP contribution is 2.48. The maximum absolute atomic E-state index is 14.1. The van der Waals surface area contributed by atoms with E-state index in [1.807, 2.05) is 0 Å². The molecule has 0 aliphatic carbocycles. The second kappa shape index (κ2) is 6.94. The fraction of sp³-hybridized carbons (Fsp3) is 0.200. The molecule has 4 rings (SSSR count). The average Bonchev–Trinajstić information content (AvgIpc) is 3.31. The molecule has 1 aromatic heterocycles. The van der Waals surface area contributed by atoms with Crippen LogP contribution in [-0.4, -0.2) is 28.2 Å². The first kappa shape index (κ1) is 19.0. The molecule has 0 saturated carbocycles. The molecule has 8 heteroatoms. The summed E-state index contributed by atoms with van der Waals surface area (Å²) in [5.41, 5.74) is -0.242. The van der Waals surface area contributed by atoms with Crippen LogP contribution in [0.4, 0.5) is 13.2 Å². The normalized spacial score (nSPS) is 19.7. The topological polar surface area (TPSA) is 30.2 Å². The summed E-state index contributed by atoms with van der Waals surface area (Å²) in [4.78, 5) is 4.24. The van der Waals surface area contributed by atoms with Gasteiger partial charge in [-0.25, -0.2) is 4.68 Å². The summed E-state index contributed by atoms with van der Waals surface area (Å²) in [6.45, 7) is -0.399. The predicted molar refractivity (Wildman–Crippen MR) is 104 cm³/mol. The van der Waals surface area contributed by atoms with Gasteiger partial charge in [-0.2, -0.15) is 18.3 Å². The van der Waals surface area contributed by atoms with Crippen molar-refractivity contribution in [3.8, 4) is 5.69 Å². The van der Waals surface area contributed by atoms with Crippen molar-refractivity contribution < 1.29 is 13.2 Å². The van der Waals surface area contributed by atoms with Crippen LogP contribution < -0.4 is 0 Å². The van der Waals surface area contributed by atoms with Crippen LogP contribution in [-0.2, 0) is 5.41 Å². The van der Waals surface area contributed by atoms with Crippen LogP contribution in [0.2, 0.25) is 10.0 Å². The number of aromatic nitrogens is 2. The van der Waals surface area contributed by atoms with Crippen LogP contribution in [0.15, 0.2) is 65.9 Å². The van der Waals surface area contributed by atoms with Gasteiger partial charge in [0.1, 0.15) is 5.41 Å². The van der Waals surface area contributed by atoms with E-state index in [1.54, 1.807) is 47.4 Å². The summed E-state index contributed by atoms with van der Waals surface area (Å²) in [7, 11) is 0. The molecule has 0 bridgehead atoms. The molecule has 0 N–H and O–H groups in total. The van der Waals surface area contributed by atoms with Crippen LogP contribution in [0.25, 0.3) is 5.69 Å². The van der Waals surface area contributed by atoms with E-state index in [-0.39, 0.29) is 22.0 Å². The van der Waals surface area contributed by atoms with E-state index in [4.69, 9.17) is 23.2 Å². The molecule has 1 aliphatic rings. The number of alkyl halides is 3. The van der Waals surface area contributed by atoms with E-state index in [0.29, 0.717) is 11.3 Å². The van der Waals surface area contributed by atoms with Gasteiger partial charge in [-0.05, 0) is 47.5 Å². The van der Waals surface area contributed by atoms with Crippen molar-refractivity contribution in [1.29, 1.82) is 0 Å². The minimum Gasteiger partial charge on any atom is -0.288 e. The molecule has 3 nitrogen and oxygen atoms in total. The number of hydrogen-bond acceptors (Lipinski definition) is 2. The van der Waals surface area contributed by atoms with Gasteiger partial charge in [0.05, 0.1) is 12.2 Å². The van der Waals surface area contributed by atoms with Gasteiger partial charge in [-0.1, -0.05) is 35.3 Å². The highest BCUT2D eigenvalue weighted by atomic mass is 35.5. The van der Waals surface area contributed by atoms with Gasteiger partial charge >= 0.3 is 6.18 Å². The Hall–Kier alpha value is -2.31. The SMILES string of the molecule is FC(F)(F)C1(c2cc(Cl)cc(Cl)c2)CN=C(c2ccc(-n3cccn3)cc2)C1. The largest absolute Gasteiger partial charge is 0.400 e. The maximum atomic E-state index is 14.1. The molecule has 0 radical (unpaired) electrons. The Morgan fingerprint density at radius 1 is 1.00 bits per heavy atom. The summed E-state index contributed by atoms with van der Waals surface area (Å²) in [5, 5.41) is 4.48. The van der Waals surface area contributed by atoms with Gasteiger partial charge in [0.25, 0.3) is 0 Å². The highest BCUT2D eigenvalue weighted by molar-refractivity contribution is 6.34. The van der Waals surface area contributed by atoms with Crippen LogP contribution in [0, 0.1) is 0 Å². The van der Waals surface area contributed by atoms with Crippen molar-refractivity contribution in [2.75, 3.05) is 6.54 Å². The number of aliphatic imine (C=N–C) groups is 1. The lowest BCUT2D eigenvalue weighted by atomic mass is 9.76. The lowest BCUT2D eigenvalue weighted by molar-refractivity contribution is -0.183. The molecule has 1 atom stereocenters. The van der Waals surface area contributed by atoms with Crippen molar-refractivity contribution >= 4 is 28.9 Å². The Bertz CT molecular complexity index is 1010. The maximum Gasteiger partial charge on any atom is 0.400 e. The zero-order valence-electron chi connectivity index (χ0n) is 14.4. The number of hydrogen-bond donors (Lipinski definition) is 0. The fourth-order valence-electron chi connectivity index (χ4n) is 3.43. The molecule has 0 saturated heterocycles. The number of halogens is 5. The Morgan fingerprint density at radius 2 is 1.68 bits per heavy atom. The fourth-order valence-corrected chi connectivity index (χ4v) is 3.95. The smallest absolute Gasteiger partial charge is 0.288 e. The standard InChI is InChI=1S/C20H14Cl2F3N3/c21-15-8-14(9-16(22)10-15)19(20(23,24)25)11-18(26-12-19)13-2-4-17(5-3-13)28-7-1-6-27-28/h1-10H,11-12H2. The lowest BCUT2D eigenvalue weighted by Crippen LogP contribution is -2.43. The molecule has 0 amide bonds. The second-order valence-corrected chi connectivity index (χ2v) is 7.55. The molecule has 0 spiro atoms. The number of benzene rings is 2. The van der Waals surface area contributed by atoms with E-state index in [0.717, 1.165) is 5.69 Å². The lowest BCUT2D eigenvalue weighted by Gasteiger charge is -2.31. The number of nitrogens with zero attached hydrogens (tertiary/aromatic N) is 3. The zero-order chi connectivity index (χ0) is 19.9. The van der Waals surface area contributed by atoms with Crippen LogP contribution in [0.5, 0.6) is 0 Å². The first-order chi connectivity index (χ1) is 13.3. The molecule has 3 aromatic rings. The summed E-state index contributed by atoms with van der Waals surface area (Å²) < 4.78 is 44.1. The third-order valence-electron chi connectivity index (χ3n) is 4.94. The molecule has 28 heavy (non-hydrogen) atoms. The van der Waals surface area contributed by atoms with Gasteiger partial charge < -0.3 is 0 Å². The molecular weight excluding hydrogens is 410 g/mol. The monoisotopic (exact) mass is 423 g/mol. The predicted octanol–water partition coefficient (Wildman–Crippen LogP) is 5.87. The van der Waals surface area contributed by atoms with Gasteiger partial charge in [0.2, 0.25) is 0 Å². The van der Waals surface area contributed by atoms with Crippen LogP contribution >= 0.6 is 23.2 Å². The molecule has 2 aromatic carbocycles. The van der Waals surface area contributed by atoms with E-state index in [1.165, 1.54) is 18.2 Å². The molecule has 144 valence electrons. The Kier molecular flexibility index (Phi) is 4.71. The second-order valence-electron chi connectivity index (χ2n) is 6.68. The molecular formula is C20H14Cl2F3N3. The van der Waals surface area contributed by atoms with E-state index in [2.05, 4.69) is 10.1 Å². The van der Waals surface area contributed by atoms with Crippen LogP contribution in [0.1, 0.15) is 17.5 Å². The minimum absolute atomic E-state index is 0.0319. The average molecular weight is 424 g/mol. The quantitative estimate of drug-likeness (QED) is 0.517. The first-order valence-electron chi connectivity index (χ1n) is 8.46. The molecule has 1 aliphatic heterocycles. The van der Waals surface area contributed by atoms with E-state index >= 15 is 0 Å². The van der Waals surface area contributed by atoms with Crippen molar-refractivity contribution in [2.45, 2.75) is 18.0 Å². The van der Waals surface area contributed by atoms with Crippen molar-refractivity contribution in [2.24, 2.45) is 4.99 Å². The summed E-state index contributed by atoms with van der Waals surface area (Å²) in [6, 6.07) is 13.0. The third kappa shape index (κ3) is 3.31. The van der Waals surface area contributed by atoms with Gasteiger partial charge in [0.15, 0.2) is 0 Å². The third-order valence-corrected chi connectivity index (χ3v) is 5.37. The van der Waals surface area contributed by atoms with E-state index < -0.39 is 18.1 Å². The summed E-state index contributed by atoms with van der Waals surface area (Å²) >= 11 is 11.9. The summed E-state index contributed by atoms with van der Waals surface area (Å²) in [5.74, 6) is 0. The van der Waals surface area contributed by atoms with Gasteiger partial charge in [0, 0.05) is 34.6 Å². The highest BCUT2D eigenvalue weighted by Gasteiger charge is 2.58. The Morgan fingerprint density at radius 3 is 2.25 bits per heavy atom. The van der Waals surface area contributed by atoms with Crippen molar-refractivity contribution in [3.63, 3.8) is 0 Å². The Balaban J connectivity index is 1.67. The first-order valence-corrected chi connectivity index (χ1v) is 9.21. The van der Waals surface area contributed by atoms with Crippen molar-refractivity contribution in [3.05, 3.63) is 82.1 Å². The van der Waals surface area contributed by atoms with Gasteiger partial charge in [-0.3, -0.25) is 4.99 Å². The molecule has 2 heterocycles. The molecule has 0 fully saturated rings. The minimum atomic E-state index is -4.50. The van der Waals surface area contributed by atoms with Gasteiger partial charge in [-0.15, -0.1) is 0 Å². The molecule has 1 unspecified atom stereocenters. The van der Waals surface area contributed by atoms with E-state index in [9.17, 15) is 13.2 Å². The number of rotatable bonds is 3.